The molecule has 98 valence electrons. The number of hydrogen-bond acceptors (Lipinski definition) is 1. The third-order valence-electron chi connectivity index (χ3n) is 3.86. The largest absolute Gasteiger partial charge is 0.310 e. The highest BCUT2D eigenvalue weighted by molar-refractivity contribution is 6.33. The Morgan fingerprint density at radius 3 is 2.84 bits per heavy atom. The van der Waals surface area contributed by atoms with E-state index < -0.39 is 0 Å². The van der Waals surface area contributed by atoms with Crippen molar-refractivity contribution >= 4 is 11.6 Å². The van der Waals surface area contributed by atoms with Gasteiger partial charge >= 0.3 is 0 Å². The maximum absolute atomic E-state index is 6.28. The van der Waals surface area contributed by atoms with Crippen LogP contribution in [0.5, 0.6) is 0 Å². The van der Waals surface area contributed by atoms with Gasteiger partial charge in [0.25, 0.3) is 0 Å². The summed E-state index contributed by atoms with van der Waals surface area (Å²) in [5, 5.41) is 4.37. The summed E-state index contributed by atoms with van der Waals surface area (Å²) in [5.74, 6) is 0. The number of halogens is 1. The Morgan fingerprint density at radius 1 is 1.21 bits per heavy atom. The standard InChI is InChI=1S/C17H18ClN/c1-2-19-17-10-8-13-11-12(7-9-15(13)17)14-5-3-4-6-16(14)18/h3-7,9,11,17,19H,2,8,10H2,1H3. The molecule has 0 radical (unpaired) electrons. The highest BCUT2D eigenvalue weighted by atomic mass is 35.5. The highest BCUT2D eigenvalue weighted by Gasteiger charge is 2.21. The number of fused-ring (bicyclic) bond motifs is 1. The van der Waals surface area contributed by atoms with Crippen molar-refractivity contribution in [3.8, 4) is 11.1 Å². The second-order valence-electron chi connectivity index (χ2n) is 5.04. The fraction of sp³-hybridized carbons (Fsp3) is 0.294. The minimum absolute atomic E-state index is 0.528. The average Bonchev–Trinajstić information content (AvgIpc) is 2.82. The van der Waals surface area contributed by atoms with Crippen molar-refractivity contribution in [1.82, 2.24) is 5.32 Å². The third-order valence-corrected chi connectivity index (χ3v) is 4.19. The van der Waals surface area contributed by atoms with Gasteiger partial charge in [-0.3, -0.25) is 0 Å². The highest BCUT2D eigenvalue weighted by Crippen LogP contribution is 2.35. The van der Waals surface area contributed by atoms with Crippen LogP contribution in [0.3, 0.4) is 0 Å². The van der Waals surface area contributed by atoms with Gasteiger partial charge in [-0.05, 0) is 42.1 Å². The number of benzene rings is 2. The van der Waals surface area contributed by atoms with Gasteiger partial charge < -0.3 is 5.32 Å². The van der Waals surface area contributed by atoms with E-state index >= 15 is 0 Å². The zero-order valence-electron chi connectivity index (χ0n) is 11.1. The van der Waals surface area contributed by atoms with Gasteiger partial charge in [-0.25, -0.2) is 0 Å². The van der Waals surface area contributed by atoms with Crippen LogP contribution in [0, 0.1) is 0 Å². The zero-order chi connectivity index (χ0) is 13.2. The number of hydrogen-bond donors (Lipinski definition) is 1. The molecule has 0 heterocycles. The van der Waals surface area contributed by atoms with E-state index in [9.17, 15) is 0 Å². The van der Waals surface area contributed by atoms with E-state index in [4.69, 9.17) is 11.6 Å². The summed E-state index contributed by atoms with van der Waals surface area (Å²) in [6.45, 7) is 3.19. The molecular weight excluding hydrogens is 254 g/mol. The van der Waals surface area contributed by atoms with E-state index in [1.54, 1.807) is 0 Å². The lowest BCUT2D eigenvalue weighted by molar-refractivity contribution is 0.549. The molecule has 0 fully saturated rings. The van der Waals surface area contributed by atoms with Crippen LogP contribution in [0.25, 0.3) is 11.1 Å². The van der Waals surface area contributed by atoms with Gasteiger partial charge in [-0.2, -0.15) is 0 Å². The van der Waals surface area contributed by atoms with Crippen LogP contribution in [0.15, 0.2) is 42.5 Å². The normalized spacial score (nSPS) is 17.5. The van der Waals surface area contributed by atoms with Gasteiger partial charge in [0.05, 0.1) is 0 Å². The van der Waals surface area contributed by atoms with E-state index in [1.807, 2.05) is 18.2 Å². The van der Waals surface area contributed by atoms with E-state index in [-0.39, 0.29) is 0 Å². The van der Waals surface area contributed by atoms with Crippen molar-refractivity contribution < 1.29 is 0 Å². The van der Waals surface area contributed by atoms with Crippen molar-refractivity contribution in [3.63, 3.8) is 0 Å². The predicted molar refractivity (Wildman–Crippen MR) is 81.6 cm³/mol. The predicted octanol–water partition coefficient (Wildman–Crippen LogP) is 4.60. The second-order valence-corrected chi connectivity index (χ2v) is 5.45. The van der Waals surface area contributed by atoms with Crippen LogP contribution in [-0.2, 0) is 6.42 Å². The summed E-state index contributed by atoms with van der Waals surface area (Å²) in [6.07, 6.45) is 2.36. The molecule has 0 aromatic heterocycles. The van der Waals surface area contributed by atoms with Crippen molar-refractivity contribution in [2.75, 3.05) is 6.54 Å². The number of nitrogens with one attached hydrogen (secondary N) is 1. The second kappa shape index (κ2) is 5.36. The molecule has 1 aliphatic rings. The van der Waals surface area contributed by atoms with Crippen molar-refractivity contribution in [2.24, 2.45) is 0 Å². The van der Waals surface area contributed by atoms with Gasteiger partial charge in [-0.15, -0.1) is 0 Å². The summed E-state index contributed by atoms with van der Waals surface area (Å²) >= 11 is 6.28. The molecule has 19 heavy (non-hydrogen) atoms. The molecule has 2 aromatic rings. The summed E-state index contributed by atoms with van der Waals surface area (Å²) in [5.41, 5.74) is 5.27. The topological polar surface area (TPSA) is 12.0 Å². The Bertz CT molecular complexity index is 592. The minimum atomic E-state index is 0.528. The Labute approximate surface area is 119 Å². The van der Waals surface area contributed by atoms with Crippen molar-refractivity contribution in [1.29, 1.82) is 0 Å². The molecule has 0 saturated heterocycles. The summed E-state index contributed by atoms with van der Waals surface area (Å²) < 4.78 is 0. The first-order valence-electron chi connectivity index (χ1n) is 6.90. The molecular formula is C17H18ClN. The lowest BCUT2D eigenvalue weighted by atomic mass is 10.00. The molecule has 0 bridgehead atoms. The molecule has 1 aliphatic carbocycles. The van der Waals surface area contributed by atoms with Crippen LogP contribution >= 0.6 is 11.6 Å². The van der Waals surface area contributed by atoms with Gasteiger partial charge in [0.2, 0.25) is 0 Å². The summed E-state index contributed by atoms with van der Waals surface area (Å²) in [6, 6.07) is 15.3. The summed E-state index contributed by atoms with van der Waals surface area (Å²) in [4.78, 5) is 0. The van der Waals surface area contributed by atoms with Crippen molar-refractivity contribution in [3.05, 3.63) is 58.6 Å². The van der Waals surface area contributed by atoms with Crippen LogP contribution in [0.2, 0.25) is 5.02 Å². The molecule has 0 saturated carbocycles. The van der Waals surface area contributed by atoms with E-state index in [2.05, 4.69) is 36.5 Å². The Balaban J connectivity index is 1.98. The fourth-order valence-electron chi connectivity index (χ4n) is 2.94. The Morgan fingerprint density at radius 2 is 2.05 bits per heavy atom. The van der Waals surface area contributed by atoms with Crippen LogP contribution in [0.1, 0.15) is 30.5 Å². The smallest absolute Gasteiger partial charge is 0.0484 e. The van der Waals surface area contributed by atoms with E-state index in [0.29, 0.717) is 6.04 Å². The molecule has 0 aliphatic heterocycles. The van der Waals surface area contributed by atoms with Crippen LogP contribution in [0.4, 0.5) is 0 Å². The van der Waals surface area contributed by atoms with Gasteiger partial charge in [0, 0.05) is 16.6 Å². The van der Waals surface area contributed by atoms with Gasteiger partial charge in [-0.1, -0.05) is 54.9 Å². The quantitative estimate of drug-likeness (QED) is 0.860. The first kappa shape index (κ1) is 12.7. The molecule has 0 spiro atoms. The monoisotopic (exact) mass is 271 g/mol. The zero-order valence-corrected chi connectivity index (χ0v) is 11.9. The molecule has 1 N–H and O–H groups in total. The SMILES string of the molecule is CCNC1CCc2cc(-c3ccccc3Cl)ccc21. The Hall–Kier alpha value is -1.31. The van der Waals surface area contributed by atoms with E-state index in [0.717, 1.165) is 23.6 Å². The first-order valence-corrected chi connectivity index (χ1v) is 7.28. The molecule has 2 aromatic carbocycles. The lowest BCUT2D eigenvalue weighted by Gasteiger charge is -2.13. The Kier molecular flexibility index (Phi) is 3.58. The maximum atomic E-state index is 6.28. The van der Waals surface area contributed by atoms with Gasteiger partial charge in [0.15, 0.2) is 0 Å². The molecule has 1 nitrogen and oxygen atoms in total. The number of rotatable bonds is 3. The molecule has 1 atom stereocenters. The molecule has 1 unspecified atom stereocenters. The molecule has 0 amide bonds. The number of aryl methyl sites for hydroxylation is 1. The lowest BCUT2D eigenvalue weighted by Crippen LogP contribution is -2.18. The third kappa shape index (κ3) is 2.41. The fourth-order valence-corrected chi connectivity index (χ4v) is 3.18. The average molecular weight is 272 g/mol. The molecule has 3 rings (SSSR count). The van der Waals surface area contributed by atoms with Crippen LogP contribution in [-0.4, -0.2) is 6.54 Å². The molecule has 2 heteroatoms. The minimum Gasteiger partial charge on any atom is -0.310 e. The maximum Gasteiger partial charge on any atom is 0.0484 e. The van der Waals surface area contributed by atoms with E-state index in [1.165, 1.54) is 23.1 Å². The summed E-state index contributed by atoms with van der Waals surface area (Å²) in [7, 11) is 0. The van der Waals surface area contributed by atoms with Crippen LogP contribution < -0.4 is 5.32 Å². The van der Waals surface area contributed by atoms with Crippen molar-refractivity contribution in [2.45, 2.75) is 25.8 Å². The van der Waals surface area contributed by atoms with Gasteiger partial charge in [0.1, 0.15) is 0 Å². The first-order chi connectivity index (χ1) is 9.29.